The van der Waals surface area contributed by atoms with Crippen molar-refractivity contribution in [2.75, 3.05) is 19.7 Å². The number of benzene rings is 1. The summed E-state index contributed by atoms with van der Waals surface area (Å²) < 4.78 is 5.53. The summed E-state index contributed by atoms with van der Waals surface area (Å²) in [5.41, 5.74) is 6.27. The average Bonchev–Trinajstić information content (AvgIpc) is 2.36. The quantitative estimate of drug-likeness (QED) is 0.744. The minimum atomic E-state index is 0.0105. The Hall–Kier alpha value is -1.26. The van der Waals surface area contributed by atoms with Crippen LogP contribution in [0.15, 0.2) is 18.2 Å². The van der Waals surface area contributed by atoms with Gasteiger partial charge in [-0.3, -0.25) is 4.79 Å². The maximum Gasteiger partial charge on any atom is 0.220 e. The van der Waals surface area contributed by atoms with Crippen molar-refractivity contribution < 1.29 is 9.53 Å². The Kier molecular flexibility index (Phi) is 6.54. The number of ether oxygens (including phenoxy) is 1. The Balaban J connectivity index is 2.21. The van der Waals surface area contributed by atoms with Gasteiger partial charge in [0.15, 0.2) is 0 Å². The van der Waals surface area contributed by atoms with E-state index in [1.54, 1.807) is 6.07 Å². The van der Waals surface area contributed by atoms with Crippen LogP contribution in [0.25, 0.3) is 0 Å². The zero-order chi connectivity index (χ0) is 13.4. The number of nitrogens with one attached hydrogen (secondary N) is 1. The molecule has 1 aromatic rings. The fraction of sp³-hybridized carbons (Fsp3) is 0.462. The van der Waals surface area contributed by atoms with Gasteiger partial charge in [-0.05, 0) is 37.1 Å². The number of amides is 1. The lowest BCUT2D eigenvalue weighted by atomic mass is 10.2. The standard InChI is InChI=1S/C13H19ClN2O2/c1-10-9-11(4-5-12(10)14)18-8-2-3-13(17)16-7-6-15/h4-5,9H,2-3,6-8,15H2,1H3,(H,16,17). The number of aryl methyl sites for hydroxylation is 1. The van der Waals surface area contributed by atoms with Crippen molar-refractivity contribution in [3.05, 3.63) is 28.8 Å². The molecular weight excluding hydrogens is 252 g/mol. The molecule has 0 aromatic heterocycles. The second kappa shape index (κ2) is 7.95. The highest BCUT2D eigenvalue weighted by atomic mass is 35.5. The second-order valence-corrected chi connectivity index (χ2v) is 4.41. The lowest BCUT2D eigenvalue weighted by Gasteiger charge is -2.08. The van der Waals surface area contributed by atoms with Crippen LogP contribution in [-0.2, 0) is 4.79 Å². The van der Waals surface area contributed by atoms with E-state index in [0.29, 0.717) is 32.5 Å². The molecule has 100 valence electrons. The highest BCUT2D eigenvalue weighted by molar-refractivity contribution is 6.31. The van der Waals surface area contributed by atoms with Crippen molar-refractivity contribution >= 4 is 17.5 Å². The summed E-state index contributed by atoms with van der Waals surface area (Å²) in [6.45, 7) is 3.43. The van der Waals surface area contributed by atoms with E-state index in [2.05, 4.69) is 5.32 Å². The Labute approximate surface area is 112 Å². The molecule has 0 bridgehead atoms. The van der Waals surface area contributed by atoms with Crippen molar-refractivity contribution in [2.24, 2.45) is 5.73 Å². The smallest absolute Gasteiger partial charge is 0.220 e. The van der Waals surface area contributed by atoms with Crippen LogP contribution < -0.4 is 15.8 Å². The number of carbonyl (C=O) groups is 1. The molecule has 0 saturated carbocycles. The third-order valence-electron chi connectivity index (χ3n) is 2.41. The zero-order valence-corrected chi connectivity index (χ0v) is 11.3. The van der Waals surface area contributed by atoms with Gasteiger partial charge in [-0.2, -0.15) is 0 Å². The van der Waals surface area contributed by atoms with E-state index in [4.69, 9.17) is 22.1 Å². The van der Waals surface area contributed by atoms with Gasteiger partial charge >= 0.3 is 0 Å². The fourth-order valence-electron chi connectivity index (χ4n) is 1.43. The van der Waals surface area contributed by atoms with Crippen molar-refractivity contribution in [3.8, 4) is 5.75 Å². The van der Waals surface area contributed by atoms with Gasteiger partial charge in [0.2, 0.25) is 5.91 Å². The maximum atomic E-state index is 11.3. The molecule has 0 unspecified atom stereocenters. The van der Waals surface area contributed by atoms with Gasteiger partial charge in [0.05, 0.1) is 6.61 Å². The summed E-state index contributed by atoms with van der Waals surface area (Å²) in [7, 11) is 0. The molecule has 0 fully saturated rings. The summed E-state index contributed by atoms with van der Waals surface area (Å²) in [4.78, 5) is 11.3. The highest BCUT2D eigenvalue weighted by Gasteiger charge is 2.01. The first kappa shape index (κ1) is 14.8. The van der Waals surface area contributed by atoms with E-state index in [1.165, 1.54) is 0 Å². The molecule has 1 amide bonds. The molecular formula is C13H19ClN2O2. The summed E-state index contributed by atoms with van der Waals surface area (Å²) in [6.07, 6.45) is 1.13. The Morgan fingerprint density at radius 1 is 1.50 bits per heavy atom. The minimum absolute atomic E-state index is 0.0105. The second-order valence-electron chi connectivity index (χ2n) is 4.00. The highest BCUT2D eigenvalue weighted by Crippen LogP contribution is 2.21. The number of carbonyl (C=O) groups excluding carboxylic acids is 1. The van der Waals surface area contributed by atoms with Gasteiger partial charge in [-0.1, -0.05) is 11.6 Å². The molecule has 0 saturated heterocycles. The normalized spacial score (nSPS) is 10.2. The minimum Gasteiger partial charge on any atom is -0.494 e. The zero-order valence-electron chi connectivity index (χ0n) is 10.5. The average molecular weight is 271 g/mol. The maximum absolute atomic E-state index is 11.3. The molecule has 0 aliphatic carbocycles. The van der Waals surface area contributed by atoms with E-state index in [-0.39, 0.29) is 5.91 Å². The first-order valence-corrected chi connectivity index (χ1v) is 6.37. The molecule has 3 N–H and O–H groups in total. The molecule has 0 radical (unpaired) electrons. The van der Waals surface area contributed by atoms with E-state index in [9.17, 15) is 4.79 Å². The first-order valence-electron chi connectivity index (χ1n) is 5.99. The molecule has 0 aliphatic rings. The number of halogens is 1. The van der Waals surface area contributed by atoms with E-state index in [0.717, 1.165) is 16.3 Å². The summed E-state index contributed by atoms with van der Waals surface area (Å²) in [5.74, 6) is 0.788. The number of hydrogen-bond acceptors (Lipinski definition) is 3. The lowest BCUT2D eigenvalue weighted by Crippen LogP contribution is -2.29. The lowest BCUT2D eigenvalue weighted by molar-refractivity contribution is -0.121. The monoisotopic (exact) mass is 270 g/mol. The molecule has 0 spiro atoms. The molecule has 1 aromatic carbocycles. The predicted molar refractivity (Wildman–Crippen MR) is 73.0 cm³/mol. The van der Waals surface area contributed by atoms with E-state index >= 15 is 0 Å². The third-order valence-corrected chi connectivity index (χ3v) is 2.84. The van der Waals surface area contributed by atoms with Crippen molar-refractivity contribution in [1.82, 2.24) is 5.32 Å². The molecule has 0 aliphatic heterocycles. The summed E-state index contributed by atoms with van der Waals surface area (Å²) >= 11 is 5.91. The SMILES string of the molecule is Cc1cc(OCCCC(=O)NCCN)ccc1Cl. The topological polar surface area (TPSA) is 64.3 Å². The summed E-state index contributed by atoms with van der Waals surface area (Å²) in [6, 6.07) is 5.51. The molecule has 0 heterocycles. The van der Waals surface area contributed by atoms with Gasteiger partial charge in [-0.25, -0.2) is 0 Å². The van der Waals surface area contributed by atoms with Gasteiger partial charge < -0.3 is 15.8 Å². The fourth-order valence-corrected chi connectivity index (χ4v) is 1.55. The number of nitrogens with two attached hydrogens (primary N) is 1. The largest absolute Gasteiger partial charge is 0.494 e. The molecule has 18 heavy (non-hydrogen) atoms. The summed E-state index contributed by atoms with van der Waals surface area (Å²) in [5, 5.41) is 3.44. The van der Waals surface area contributed by atoms with E-state index in [1.807, 2.05) is 19.1 Å². The van der Waals surface area contributed by atoms with E-state index < -0.39 is 0 Å². The van der Waals surface area contributed by atoms with Gasteiger partial charge in [0.1, 0.15) is 5.75 Å². The number of hydrogen-bond donors (Lipinski definition) is 2. The van der Waals surface area contributed by atoms with Crippen LogP contribution in [0.2, 0.25) is 5.02 Å². The van der Waals surface area contributed by atoms with Gasteiger partial charge in [-0.15, -0.1) is 0 Å². The van der Waals surface area contributed by atoms with Crippen LogP contribution in [-0.4, -0.2) is 25.6 Å². The van der Waals surface area contributed by atoms with Crippen LogP contribution in [0.4, 0.5) is 0 Å². The third kappa shape index (κ3) is 5.38. The van der Waals surface area contributed by atoms with Crippen LogP contribution in [0.1, 0.15) is 18.4 Å². The molecule has 1 rings (SSSR count). The van der Waals surface area contributed by atoms with Crippen molar-refractivity contribution in [1.29, 1.82) is 0 Å². The Morgan fingerprint density at radius 2 is 2.28 bits per heavy atom. The Bertz CT molecular complexity index is 397. The van der Waals surface area contributed by atoms with Crippen LogP contribution in [0.3, 0.4) is 0 Å². The van der Waals surface area contributed by atoms with Crippen LogP contribution >= 0.6 is 11.6 Å². The van der Waals surface area contributed by atoms with Gasteiger partial charge in [0, 0.05) is 24.5 Å². The molecule has 5 heteroatoms. The molecule has 4 nitrogen and oxygen atoms in total. The Morgan fingerprint density at radius 3 is 2.94 bits per heavy atom. The predicted octanol–water partition coefficient (Wildman–Crippen LogP) is 1.88. The van der Waals surface area contributed by atoms with Crippen molar-refractivity contribution in [3.63, 3.8) is 0 Å². The van der Waals surface area contributed by atoms with Crippen molar-refractivity contribution in [2.45, 2.75) is 19.8 Å². The van der Waals surface area contributed by atoms with Crippen LogP contribution in [0, 0.1) is 6.92 Å². The molecule has 0 atom stereocenters. The number of rotatable bonds is 7. The first-order chi connectivity index (χ1) is 8.63. The van der Waals surface area contributed by atoms with Gasteiger partial charge in [0.25, 0.3) is 0 Å². The van der Waals surface area contributed by atoms with Crippen LogP contribution in [0.5, 0.6) is 5.75 Å².